The number of aryl methyl sites for hydroxylation is 1. The van der Waals surface area contributed by atoms with E-state index < -0.39 is 12.2 Å². The molecular formula is C15H20O3. The Labute approximate surface area is 108 Å². The zero-order valence-electron chi connectivity index (χ0n) is 10.8. The van der Waals surface area contributed by atoms with Crippen LogP contribution in [0.2, 0.25) is 0 Å². The van der Waals surface area contributed by atoms with E-state index in [9.17, 15) is 10.2 Å². The highest BCUT2D eigenvalue weighted by Gasteiger charge is 2.17. The van der Waals surface area contributed by atoms with Crippen molar-refractivity contribution >= 4 is 5.57 Å². The highest BCUT2D eigenvalue weighted by atomic mass is 16.3. The Kier molecular flexibility index (Phi) is 5.28. The molecule has 0 saturated heterocycles. The van der Waals surface area contributed by atoms with Crippen molar-refractivity contribution in [3.05, 3.63) is 53.6 Å². The number of hydrogen-bond acceptors (Lipinski definition) is 3. The molecule has 0 unspecified atom stereocenters. The fourth-order valence-electron chi connectivity index (χ4n) is 1.81. The summed E-state index contributed by atoms with van der Waals surface area (Å²) in [5.74, 6) is 0. The molecule has 1 aromatic carbocycles. The van der Waals surface area contributed by atoms with Crippen LogP contribution in [0.25, 0.3) is 5.57 Å². The molecule has 0 aliphatic heterocycles. The Balaban J connectivity index is 3.02. The van der Waals surface area contributed by atoms with E-state index in [1.807, 2.05) is 13.0 Å². The lowest BCUT2D eigenvalue weighted by Gasteiger charge is -2.18. The van der Waals surface area contributed by atoms with Gasteiger partial charge in [0.15, 0.2) is 0 Å². The van der Waals surface area contributed by atoms with Gasteiger partial charge in [0, 0.05) is 0 Å². The van der Waals surface area contributed by atoms with Crippen LogP contribution in [0.15, 0.2) is 36.9 Å². The van der Waals surface area contributed by atoms with Gasteiger partial charge in [0.1, 0.15) is 12.2 Å². The smallest absolute Gasteiger partial charge is 0.109 e. The third-order valence-electron chi connectivity index (χ3n) is 2.90. The molecule has 0 bridgehead atoms. The minimum atomic E-state index is -0.947. The maximum absolute atomic E-state index is 10.0. The second-order valence-corrected chi connectivity index (χ2v) is 4.29. The second-order valence-electron chi connectivity index (χ2n) is 4.29. The monoisotopic (exact) mass is 248 g/mol. The van der Waals surface area contributed by atoms with Crippen molar-refractivity contribution in [1.29, 1.82) is 0 Å². The summed E-state index contributed by atoms with van der Waals surface area (Å²) in [6.45, 7) is 7.30. The molecule has 1 rings (SSSR count). The third-order valence-corrected chi connectivity index (χ3v) is 2.90. The van der Waals surface area contributed by atoms with E-state index in [2.05, 4.69) is 6.58 Å². The maximum atomic E-state index is 10.0. The minimum absolute atomic E-state index is 0.0947. The first-order valence-electron chi connectivity index (χ1n) is 5.89. The molecule has 0 fully saturated rings. The van der Waals surface area contributed by atoms with E-state index in [-0.39, 0.29) is 6.61 Å². The first-order chi connectivity index (χ1) is 8.51. The van der Waals surface area contributed by atoms with Crippen molar-refractivity contribution in [1.82, 2.24) is 0 Å². The Bertz CT molecular complexity index is 449. The molecular weight excluding hydrogens is 228 g/mol. The summed E-state index contributed by atoms with van der Waals surface area (Å²) in [7, 11) is 0. The number of hydrogen-bond donors (Lipinski definition) is 3. The zero-order chi connectivity index (χ0) is 13.7. The summed E-state index contributed by atoms with van der Waals surface area (Å²) < 4.78 is 0. The average Bonchev–Trinajstić information content (AvgIpc) is 2.37. The topological polar surface area (TPSA) is 60.7 Å². The predicted octanol–water partition coefficient (Wildman–Crippen LogP) is 1.97. The first-order valence-corrected chi connectivity index (χ1v) is 5.89. The standard InChI is InChI=1S/C15H20O3/c1-4-5-14(17)15(18)13-7-6-12(8-10(13)2)11(3)9-16/h4-8,14-18H,3,9H2,1-2H3/b5-4+/t14-,15-/m1/s1. The SMILES string of the molecule is C=C(CO)c1ccc([C@@H](O)[C@H](O)/C=C/C)c(C)c1. The molecule has 0 radical (unpaired) electrons. The van der Waals surface area contributed by atoms with Crippen molar-refractivity contribution in [3.63, 3.8) is 0 Å². The summed E-state index contributed by atoms with van der Waals surface area (Å²) in [4.78, 5) is 0. The second kappa shape index (κ2) is 6.50. The summed E-state index contributed by atoms with van der Waals surface area (Å²) >= 11 is 0. The third kappa shape index (κ3) is 3.29. The molecule has 2 atom stereocenters. The van der Waals surface area contributed by atoms with Crippen molar-refractivity contribution in [3.8, 4) is 0 Å². The van der Waals surface area contributed by atoms with E-state index >= 15 is 0 Å². The number of allylic oxidation sites excluding steroid dienone is 1. The molecule has 18 heavy (non-hydrogen) atoms. The van der Waals surface area contributed by atoms with Crippen LogP contribution in [-0.4, -0.2) is 28.0 Å². The lowest BCUT2D eigenvalue weighted by molar-refractivity contribution is 0.0478. The molecule has 98 valence electrons. The molecule has 0 heterocycles. The van der Waals surface area contributed by atoms with Gasteiger partial charge in [0.05, 0.1) is 6.61 Å². The molecule has 0 aliphatic rings. The van der Waals surface area contributed by atoms with E-state index in [4.69, 9.17) is 5.11 Å². The highest BCUT2D eigenvalue weighted by Crippen LogP contribution is 2.24. The van der Waals surface area contributed by atoms with Crippen LogP contribution in [-0.2, 0) is 0 Å². The number of rotatable bonds is 5. The van der Waals surface area contributed by atoms with Gasteiger partial charge in [-0.3, -0.25) is 0 Å². The quantitative estimate of drug-likeness (QED) is 0.698. The fraction of sp³-hybridized carbons (Fsp3) is 0.333. The van der Waals surface area contributed by atoms with Gasteiger partial charge in [0.2, 0.25) is 0 Å². The number of benzene rings is 1. The van der Waals surface area contributed by atoms with Crippen molar-refractivity contribution in [2.75, 3.05) is 6.61 Å². The van der Waals surface area contributed by atoms with Crippen LogP contribution in [0.4, 0.5) is 0 Å². The maximum Gasteiger partial charge on any atom is 0.109 e. The van der Waals surface area contributed by atoms with Gasteiger partial charge in [-0.2, -0.15) is 0 Å². The molecule has 3 N–H and O–H groups in total. The lowest BCUT2D eigenvalue weighted by atomic mass is 9.95. The lowest BCUT2D eigenvalue weighted by Crippen LogP contribution is -2.16. The van der Waals surface area contributed by atoms with Gasteiger partial charge in [0.25, 0.3) is 0 Å². The van der Waals surface area contributed by atoms with Crippen LogP contribution >= 0.6 is 0 Å². The van der Waals surface area contributed by atoms with Crippen LogP contribution < -0.4 is 0 Å². The molecule has 1 aromatic rings. The Morgan fingerprint density at radius 3 is 2.56 bits per heavy atom. The van der Waals surface area contributed by atoms with Crippen molar-refractivity contribution in [2.45, 2.75) is 26.1 Å². The van der Waals surface area contributed by atoms with Crippen molar-refractivity contribution in [2.24, 2.45) is 0 Å². The van der Waals surface area contributed by atoms with Gasteiger partial charge in [-0.15, -0.1) is 0 Å². The highest BCUT2D eigenvalue weighted by molar-refractivity contribution is 5.65. The fourth-order valence-corrected chi connectivity index (χ4v) is 1.81. The van der Waals surface area contributed by atoms with Crippen molar-refractivity contribution < 1.29 is 15.3 Å². The largest absolute Gasteiger partial charge is 0.392 e. The molecule has 0 aliphatic carbocycles. The summed E-state index contributed by atoms with van der Waals surface area (Å²) in [6, 6.07) is 5.38. The van der Waals surface area contributed by atoms with Crippen LogP contribution in [0, 0.1) is 6.92 Å². The van der Waals surface area contributed by atoms with Crippen LogP contribution in [0.5, 0.6) is 0 Å². The summed E-state index contributed by atoms with van der Waals surface area (Å²) in [6.07, 6.45) is 1.38. The molecule has 3 heteroatoms. The van der Waals surface area contributed by atoms with E-state index in [1.165, 1.54) is 0 Å². The first kappa shape index (κ1) is 14.6. The van der Waals surface area contributed by atoms with E-state index in [1.54, 1.807) is 31.2 Å². The Hall–Kier alpha value is -1.42. The number of aliphatic hydroxyl groups excluding tert-OH is 3. The number of aliphatic hydroxyl groups is 3. The predicted molar refractivity (Wildman–Crippen MR) is 73.1 cm³/mol. The normalized spacial score (nSPS) is 14.7. The van der Waals surface area contributed by atoms with Gasteiger partial charge in [-0.25, -0.2) is 0 Å². The molecule has 0 amide bonds. The van der Waals surface area contributed by atoms with Crippen LogP contribution in [0.1, 0.15) is 29.7 Å². The van der Waals surface area contributed by atoms with E-state index in [0.29, 0.717) is 11.1 Å². The molecule has 0 saturated carbocycles. The minimum Gasteiger partial charge on any atom is -0.392 e. The summed E-state index contributed by atoms with van der Waals surface area (Å²) in [5.41, 5.74) is 3.01. The molecule has 3 nitrogen and oxygen atoms in total. The zero-order valence-corrected chi connectivity index (χ0v) is 10.8. The van der Waals surface area contributed by atoms with E-state index in [0.717, 1.165) is 11.1 Å². The Morgan fingerprint density at radius 1 is 1.39 bits per heavy atom. The summed E-state index contributed by atoms with van der Waals surface area (Å²) in [5, 5.41) is 28.8. The van der Waals surface area contributed by atoms with Gasteiger partial charge in [-0.05, 0) is 36.1 Å². The van der Waals surface area contributed by atoms with Gasteiger partial charge >= 0.3 is 0 Å². The van der Waals surface area contributed by atoms with Gasteiger partial charge in [-0.1, -0.05) is 36.9 Å². The Morgan fingerprint density at radius 2 is 2.06 bits per heavy atom. The molecule has 0 spiro atoms. The van der Waals surface area contributed by atoms with Crippen LogP contribution in [0.3, 0.4) is 0 Å². The van der Waals surface area contributed by atoms with Gasteiger partial charge < -0.3 is 15.3 Å². The molecule has 0 aromatic heterocycles. The average molecular weight is 248 g/mol.